The molecule has 2 heterocycles. The van der Waals surface area contributed by atoms with Crippen molar-refractivity contribution in [3.8, 4) is 0 Å². The number of hydrogen-bond acceptors (Lipinski definition) is 4. The summed E-state index contributed by atoms with van der Waals surface area (Å²) in [6.07, 6.45) is 5.81. The van der Waals surface area contributed by atoms with E-state index in [9.17, 15) is 4.79 Å². The molecule has 0 radical (unpaired) electrons. The van der Waals surface area contributed by atoms with Crippen molar-refractivity contribution < 1.29 is 4.79 Å². The second kappa shape index (κ2) is 5.76. The van der Waals surface area contributed by atoms with Gasteiger partial charge in [-0.1, -0.05) is 0 Å². The van der Waals surface area contributed by atoms with E-state index in [0.717, 1.165) is 22.2 Å². The van der Waals surface area contributed by atoms with Gasteiger partial charge in [0, 0.05) is 25.2 Å². The zero-order valence-electron chi connectivity index (χ0n) is 13.5. The average molecular weight is 330 g/mol. The summed E-state index contributed by atoms with van der Waals surface area (Å²) in [4.78, 5) is 13.2. The molecular weight excluding hydrogens is 308 g/mol. The van der Waals surface area contributed by atoms with Crippen LogP contribution in [0.2, 0.25) is 0 Å². The average Bonchev–Trinajstić information content (AvgIpc) is 3.40. The molecule has 0 aromatic carbocycles. The van der Waals surface area contributed by atoms with Gasteiger partial charge < -0.3 is 10.6 Å². The van der Waals surface area contributed by atoms with E-state index >= 15 is 0 Å². The molecule has 0 saturated heterocycles. The van der Waals surface area contributed by atoms with Gasteiger partial charge in [-0.2, -0.15) is 5.10 Å². The first kappa shape index (κ1) is 14.9. The fourth-order valence-electron chi connectivity index (χ4n) is 3.00. The lowest BCUT2D eigenvalue weighted by Gasteiger charge is -2.01. The molecule has 0 bridgehead atoms. The first-order valence-electron chi connectivity index (χ1n) is 8.23. The molecule has 0 spiro atoms. The van der Waals surface area contributed by atoms with Crippen LogP contribution in [0.25, 0.3) is 0 Å². The van der Waals surface area contributed by atoms with Crippen molar-refractivity contribution in [2.45, 2.75) is 38.1 Å². The SMILES string of the molecule is Cc1nn(C)cc1NC(=O)c1cc(C2CC2NCC2CC2)cs1. The predicted octanol–water partition coefficient (Wildman–Crippen LogP) is 2.90. The van der Waals surface area contributed by atoms with Crippen molar-refractivity contribution in [3.05, 3.63) is 33.8 Å². The van der Waals surface area contributed by atoms with Crippen LogP contribution in [0.15, 0.2) is 17.6 Å². The maximum Gasteiger partial charge on any atom is 0.265 e. The van der Waals surface area contributed by atoms with E-state index in [-0.39, 0.29) is 5.91 Å². The maximum absolute atomic E-state index is 12.4. The zero-order valence-corrected chi connectivity index (χ0v) is 14.3. The molecular formula is C17H22N4OS. The predicted molar refractivity (Wildman–Crippen MR) is 92.1 cm³/mol. The molecule has 0 aliphatic heterocycles. The van der Waals surface area contributed by atoms with Gasteiger partial charge in [0.1, 0.15) is 0 Å². The Bertz CT molecular complexity index is 731. The standard InChI is InChI=1S/C17H22N4OS/c1-10-15(8-21(2)20-10)19-17(22)16-5-12(9-23-16)13-6-14(13)18-7-11-3-4-11/h5,8-9,11,13-14,18H,3-4,6-7H2,1-2H3,(H,19,22). The Morgan fingerprint density at radius 3 is 3.00 bits per heavy atom. The summed E-state index contributed by atoms with van der Waals surface area (Å²) in [5.74, 6) is 1.47. The van der Waals surface area contributed by atoms with Crippen molar-refractivity contribution in [3.63, 3.8) is 0 Å². The number of aromatic nitrogens is 2. The highest BCUT2D eigenvalue weighted by Gasteiger charge is 2.39. The Kier molecular flexibility index (Phi) is 3.73. The van der Waals surface area contributed by atoms with Gasteiger partial charge in [-0.15, -0.1) is 11.3 Å². The van der Waals surface area contributed by atoms with Crippen LogP contribution >= 0.6 is 11.3 Å². The van der Waals surface area contributed by atoms with Crippen molar-refractivity contribution in [1.82, 2.24) is 15.1 Å². The monoisotopic (exact) mass is 330 g/mol. The number of rotatable bonds is 6. The third kappa shape index (κ3) is 3.33. The largest absolute Gasteiger partial charge is 0.318 e. The summed E-state index contributed by atoms with van der Waals surface area (Å²) in [5.41, 5.74) is 2.92. The summed E-state index contributed by atoms with van der Waals surface area (Å²) >= 11 is 1.53. The van der Waals surface area contributed by atoms with Crippen LogP contribution in [-0.2, 0) is 7.05 Å². The zero-order chi connectivity index (χ0) is 16.0. The Hall–Kier alpha value is -1.66. The molecule has 1 amide bonds. The lowest BCUT2D eigenvalue weighted by atomic mass is 10.2. The first-order valence-corrected chi connectivity index (χ1v) is 9.11. The quantitative estimate of drug-likeness (QED) is 0.856. The second-order valence-electron chi connectivity index (χ2n) is 6.80. The molecule has 2 saturated carbocycles. The molecule has 2 aliphatic rings. The first-order chi connectivity index (χ1) is 11.1. The van der Waals surface area contributed by atoms with Crippen LogP contribution in [0.5, 0.6) is 0 Å². The molecule has 2 fully saturated rings. The molecule has 23 heavy (non-hydrogen) atoms. The van der Waals surface area contributed by atoms with Crippen LogP contribution < -0.4 is 10.6 Å². The van der Waals surface area contributed by atoms with Crippen LogP contribution in [0.1, 0.15) is 46.1 Å². The third-order valence-corrected chi connectivity index (χ3v) is 5.64. The van der Waals surface area contributed by atoms with E-state index < -0.39 is 0 Å². The fourth-order valence-corrected chi connectivity index (χ4v) is 3.87. The van der Waals surface area contributed by atoms with Gasteiger partial charge in [0.2, 0.25) is 0 Å². The molecule has 4 rings (SSSR count). The topological polar surface area (TPSA) is 59.0 Å². The number of hydrogen-bond donors (Lipinski definition) is 2. The molecule has 5 nitrogen and oxygen atoms in total. The molecule has 2 aromatic rings. The van der Waals surface area contributed by atoms with Crippen molar-refractivity contribution >= 4 is 22.9 Å². The van der Waals surface area contributed by atoms with Gasteiger partial charge in [-0.3, -0.25) is 9.48 Å². The normalized spacial score (nSPS) is 23.0. The smallest absolute Gasteiger partial charge is 0.265 e. The summed E-state index contributed by atoms with van der Waals surface area (Å²) < 4.78 is 1.71. The van der Waals surface area contributed by atoms with Gasteiger partial charge >= 0.3 is 0 Å². The van der Waals surface area contributed by atoms with Crippen LogP contribution in [0, 0.1) is 12.8 Å². The van der Waals surface area contributed by atoms with Crippen LogP contribution in [0.4, 0.5) is 5.69 Å². The lowest BCUT2D eigenvalue weighted by Crippen LogP contribution is -2.20. The van der Waals surface area contributed by atoms with Crippen molar-refractivity contribution in [2.24, 2.45) is 13.0 Å². The van der Waals surface area contributed by atoms with Gasteiger partial charge in [-0.25, -0.2) is 0 Å². The minimum atomic E-state index is -0.0412. The lowest BCUT2D eigenvalue weighted by molar-refractivity contribution is 0.103. The number of aryl methyl sites for hydroxylation is 2. The Morgan fingerprint density at radius 2 is 2.30 bits per heavy atom. The molecule has 2 atom stereocenters. The van der Waals surface area contributed by atoms with E-state index in [1.54, 1.807) is 4.68 Å². The minimum Gasteiger partial charge on any atom is -0.318 e. The highest BCUT2D eigenvalue weighted by molar-refractivity contribution is 7.12. The summed E-state index contributed by atoms with van der Waals surface area (Å²) in [5, 5.41) is 13.0. The molecule has 2 unspecified atom stereocenters. The molecule has 6 heteroatoms. The van der Waals surface area contributed by atoms with E-state index in [1.165, 1.54) is 42.7 Å². The second-order valence-corrected chi connectivity index (χ2v) is 7.71. The fraction of sp³-hybridized carbons (Fsp3) is 0.529. The number of amides is 1. The van der Waals surface area contributed by atoms with Gasteiger partial charge in [-0.05, 0) is 55.7 Å². The van der Waals surface area contributed by atoms with Gasteiger partial charge in [0.15, 0.2) is 0 Å². The molecule has 2 aromatic heterocycles. The molecule has 2 aliphatic carbocycles. The summed E-state index contributed by atoms with van der Waals surface area (Å²) in [7, 11) is 1.85. The van der Waals surface area contributed by atoms with E-state index in [2.05, 4.69) is 27.2 Å². The van der Waals surface area contributed by atoms with E-state index in [0.29, 0.717) is 12.0 Å². The number of carbonyl (C=O) groups is 1. The third-order valence-electron chi connectivity index (χ3n) is 4.69. The highest BCUT2D eigenvalue weighted by Crippen LogP contribution is 2.43. The Balaban J connectivity index is 1.36. The molecule has 2 N–H and O–H groups in total. The number of nitrogens with zero attached hydrogens (tertiary/aromatic N) is 2. The summed E-state index contributed by atoms with van der Waals surface area (Å²) in [6, 6.07) is 2.66. The van der Waals surface area contributed by atoms with Crippen LogP contribution in [-0.4, -0.2) is 28.3 Å². The number of thiophene rings is 1. The maximum atomic E-state index is 12.4. The Morgan fingerprint density at radius 1 is 1.48 bits per heavy atom. The number of carbonyl (C=O) groups excluding carboxylic acids is 1. The Labute approximate surface area is 140 Å². The van der Waals surface area contributed by atoms with Gasteiger partial charge in [0.05, 0.1) is 16.3 Å². The van der Waals surface area contributed by atoms with E-state index in [4.69, 9.17) is 0 Å². The number of nitrogens with one attached hydrogen (secondary N) is 2. The summed E-state index contributed by atoms with van der Waals surface area (Å²) in [6.45, 7) is 3.06. The van der Waals surface area contributed by atoms with Crippen molar-refractivity contribution in [1.29, 1.82) is 0 Å². The van der Waals surface area contributed by atoms with Crippen molar-refractivity contribution in [2.75, 3.05) is 11.9 Å². The van der Waals surface area contributed by atoms with Gasteiger partial charge in [0.25, 0.3) is 5.91 Å². The minimum absolute atomic E-state index is 0.0412. The highest BCUT2D eigenvalue weighted by atomic mass is 32.1. The van der Waals surface area contributed by atoms with Crippen LogP contribution in [0.3, 0.4) is 0 Å². The van der Waals surface area contributed by atoms with E-state index in [1.807, 2.05) is 20.2 Å². The number of anilines is 1. The molecule has 122 valence electrons.